The Hall–Kier alpha value is -1.64. The van der Waals surface area contributed by atoms with Gasteiger partial charge in [-0.15, -0.1) is 0 Å². The van der Waals surface area contributed by atoms with Crippen molar-refractivity contribution in [2.75, 3.05) is 11.5 Å². The van der Waals surface area contributed by atoms with E-state index in [1.807, 2.05) is 18.2 Å². The molecular formula is C34H56N2O. The Morgan fingerprint density at radius 2 is 1.84 bits per heavy atom. The van der Waals surface area contributed by atoms with Crippen LogP contribution in [0.5, 0.6) is 5.75 Å². The molecule has 4 N–H and O–H groups in total. The minimum atomic E-state index is 0.243. The maximum Gasteiger partial charge on any atom is 0.142 e. The van der Waals surface area contributed by atoms with Crippen LogP contribution in [0.3, 0.4) is 0 Å². The van der Waals surface area contributed by atoms with E-state index in [4.69, 9.17) is 16.2 Å². The standard InChI is InChI=1S/C34H56N2O/c1-6-25(24(4)10-7-9-23(2)3)13-14-26-11-8-12-31-30(26)17-15-27-21-29(19-20-34(27,31)5)37-33-18-16-28(35)22-32(33)36/h15-18,22-27,29-31H,6-14,19-21,35-36H2,1-5H3. The van der Waals surface area contributed by atoms with Crippen LogP contribution in [0.4, 0.5) is 11.4 Å². The van der Waals surface area contributed by atoms with Crippen molar-refractivity contribution in [3.8, 4) is 5.75 Å². The first-order valence-corrected chi connectivity index (χ1v) is 15.7. The number of fused-ring (bicyclic) bond motifs is 3. The summed E-state index contributed by atoms with van der Waals surface area (Å²) >= 11 is 0. The van der Waals surface area contributed by atoms with E-state index in [0.717, 1.165) is 54.1 Å². The summed E-state index contributed by atoms with van der Waals surface area (Å²) in [6, 6.07) is 5.64. The first-order valence-electron chi connectivity index (χ1n) is 15.7. The van der Waals surface area contributed by atoms with Gasteiger partial charge in [-0.25, -0.2) is 0 Å². The van der Waals surface area contributed by atoms with Crippen molar-refractivity contribution in [1.29, 1.82) is 0 Å². The molecule has 0 aliphatic heterocycles. The number of rotatable bonds is 11. The average molecular weight is 509 g/mol. The van der Waals surface area contributed by atoms with Crippen LogP contribution in [0.1, 0.15) is 112 Å². The predicted molar refractivity (Wildman–Crippen MR) is 159 cm³/mol. The van der Waals surface area contributed by atoms with Crippen LogP contribution in [0, 0.1) is 46.8 Å². The average Bonchev–Trinajstić information content (AvgIpc) is 2.86. The van der Waals surface area contributed by atoms with E-state index in [-0.39, 0.29) is 6.10 Å². The lowest BCUT2D eigenvalue weighted by atomic mass is 9.50. The topological polar surface area (TPSA) is 61.3 Å². The van der Waals surface area contributed by atoms with Crippen LogP contribution >= 0.6 is 0 Å². The number of allylic oxidation sites excluding steroid dienone is 2. The van der Waals surface area contributed by atoms with Gasteiger partial charge in [0, 0.05) is 5.69 Å². The fourth-order valence-electron chi connectivity index (χ4n) is 8.42. The van der Waals surface area contributed by atoms with E-state index >= 15 is 0 Å². The van der Waals surface area contributed by atoms with Crippen molar-refractivity contribution >= 4 is 11.4 Å². The number of benzene rings is 1. The molecule has 3 heteroatoms. The summed E-state index contributed by atoms with van der Waals surface area (Å²) in [6.07, 6.45) is 21.7. The highest BCUT2D eigenvalue weighted by Gasteiger charge is 2.51. The molecule has 208 valence electrons. The number of hydrogen-bond donors (Lipinski definition) is 2. The third-order valence-electron chi connectivity index (χ3n) is 10.9. The first kappa shape index (κ1) is 28.4. The molecule has 2 saturated carbocycles. The second-order valence-electron chi connectivity index (χ2n) is 13.7. The van der Waals surface area contributed by atoms with Gasteiger partial charge < -0.3 is 16.2 Å². The van der Waals surface area contributed by atoms with E-state index in [2.05, 4.69) is 46.8 Å². The highest BCUT2D eigenvalue weighted by atomic mass is 16.5. The number of nitrogens with two attached hydrogens (primary N) is 2. The molecule has 0 amide bonds. The second-order valence-corrected chi connectivity index (χ2v) is 13.7. The molecule has 0 bridgehead atoms. The molecule has 0 saturated heterocycles. The van der Waals surface area contributed by atoms with E-state index < -0.39 is 0 Å². The van der Waals surface area contributed by atoms with Crippen molar-refractivity contribution in [3.05, 3.63) is 30.4 Å². The van der Waals surface area contributed by atoms with Crippen LogP contribution in [-0.2, 0) is 0 Å². The molecule has 0 aromatic heterocycles. The van der Waals surface area contributed by atoms with Crippen molar-refractivity contribution in [2.24, 2.45) is 46.8 Å². The lowest BCUT2D eigenvalue weighted by Gasteiger charge is -2.55. The maximum absolute atomic E-state index is 6.42. The smallest absolute Gasteiger partial charge is 0.142 e. The Balaban J connectivity index is 1.36. The molecule has 3 nitrogen and oxygen atoms in total. The molecule has 1 aromatic rings. The molecule has 2 fully saturated rings. The SMILES string of the molecule is CCC(CCC1CCCC2C1C=CC1CC(Oc3ccc(N)cc3N)CCC12C)C(C)CCCC(C)C. The minimum Gasteiger partial charge on any atom is -0.488 e. The third-order valence-corrected chi connectivity index (χ3v) is 10.9. The highest BCUT2D eigenvalue weighted by Crippen LogP contribution is 2.58. The fraction of sp³-hybridized carbons (Fsp3) is 0.765. The molecule has 1 aromatic carbocycles. The van der Waals surface area contributed by atoms with Gasteiger partial charge in [0.1, 0.15) is 5.75 Å². The van der Waals surface area contributed by atoms with Gasteiger partial charge in [0.15, 0.2) is 0 Å². The summed E-state index contributed by atoms with van der Waals surface area (Å²) in [6.45, 7) is 12.3. The molecular weight excluding hydrogens is 452 g/mol. The summed E-state index contributed by atoms with van der Waals surface area (Å²) in [5.41, 5.74) is 13.8. The lowest BCUT2D eigenvalue weighted by molar-refractivity contribution is -0.0408. The van der Waals surface area contributed by atoms with Crippen molar-refractivity contribution in [3.63, 3.8) is 0 Å². The summed E-state index contributed by atoms with van der Waals surface area (Å²) in [5.74, 6) is 6.53. The quantitative estimate of drug-likeness (QED) is 0.231. The zero-order valence-corrected chi connectivity index (χ0v) is 24.6. The van der Waals surface area contributed by atoms with E-state index in [0.29, 0.717) is 22.7 Å². The van der Waals surface area contributed by atoms with E-state index in [1.165, 1.54) is 64.2 Å². The lowest BCUT2D eigenvalue weighted by Crippen LogP contribution is -2.49. The zero-order chi connectivity index (χ0) is 26.6. The van der Waals surface area contributed by atoms with Crippen molar-refractivity contribution in [1.82, 2.24) is 0 Å². The zero-order valence-electron chi connectivity index (χ0n) is 24.6. The van der Waals surface area contributed by atoms with Crippen LogP contribution in [-0.4, -0.2) is 6.10 Å². The predicted octanol–water partition coefficient (Wildman–Crippen LogP) is 9.28. The third kappa shape index (κ3) is 6.69. The van der Waals surface area contributed by atoms with Gasteiger partial charge in [0.2, 0.25) is 0 Å². The van der Waals surface area contributed by atoms with Gasteiger partial charge in [-0.1, -0.05) is 78.9 Å². The molecule has 3 aliphatic rings. The maximum atomic E-state index is 6.42. The number of nitrogen functional groups attached to an aromatic ring is 2. The van der Waals surface area contributed by atoms with Gasteiger partial charge in [-0.2, -0.15) is 0 Å². The molecule has 8 unspecified atom stereocenters. The van der Waals surface area contributed by atoms with Gasteiger partial charge in [0.05, 0.1) is 11.8 Å². The molecule has 0 spiro atoms. The molecule has 37 heavy (non-hydrogen) atoms. The number of anilines is 2. The molecule has 8 atom stereocenters. The summed E-state index contributed by atoms with van der Waals surface area (Å²) in [5, 5.41) is 0. The van der Waals surface area contributed by atoms with E-state index in [9.17, 15) is 0 Å². The highest BCUT2D eigenvalue weighted by molar-refractivity contribution is 5.60. The first-order chi connectivity index (χ1) is 17.7. The monoisotopic (exact) mass is 508 g/mol. The van der Waals surface area contributed by atoms with Crippen LogP contribution in [0.25, 0.3) is 0 Å². The normalized spacial score (nSPS) is 33.0. The Morgan fingerprint density at radius 3 is 2.57 bits per heavy atom. The Labute approximate surface area is 228 Å². The second kappa shape index (κ2) is 12.5. The summed E-state index contributed by atoms with van der Waals surface area (Å²) in [7, 11) is 0. The van der Waals surface area contributed by atoms with Gasteiger partial charge >= 0.3 is 0 Å². The van der Waals surface area contributed by atoms with E-state index in [1.54, 1.807) is 0 Å². The Kier molecular flexibility index (Phi) is 9.57. The van der Waals surface area contributed by atoms with Crippen LogP contribution < -0.4 is 16.2 Å². The summed E-state index contributed by atoms with van der Waals surface area (Å²) < 4.78 is 6.42. The van der Waals surface area contributed by atoms with Gasteiger partial charge in [0.25, 0.3) is 0 Å². The van der Waals surface area contributed by atoms with Gasteiger partial charge in [-0.05, 0) is 110 Å². The molecule has 0 heterocycles. The molecule has 0 radical (unpaired) electrons. The number of ether oxygens (including phenoxy) is 1. The Bertz CT molecular complexity index is 894. The van der Waals surface area contributed by atoms with Crippen LogP contribution in [0.15, 0.2) is 30.4 Å². The molecule has 3 aliphatic carbocycles. The van der Waals surface area contributed by atoms with Crippen molar-refractivity contribution in [2.45, 2.75) is 118 Å². The van der Waals surface area contributed by atoms with Crippen LogP contribution in [0.2, 0.25) is 0 Å². The molecule has 4 rings (SSSR count). The minimum absolute atomic E-state index is 0.243. The Morgan fingerprint density at radius 1 is 1.03 bits per heavy atom. The van der Waals surface area contributed by atoms with Gasteiger partial charge in [-0.3, -0.25) is 0 Å². The van der Waals surface area contributed by atoms with Crippen molar-refractivity contribution < 1.29 is 4.74 Å². The largest absolute Gasteiger partial charge is 0.488 e. The fourth-order valence-corrected chi connectivity index (χ4v) is 8.42. The summed E-state index contributed by atoms with van der Waals surface area (Å²) in [4.78, 5) is 0. The number of hydrogen-bond acceptors (Lipinski definition) is 3.